The Morgan fingerprint density at radius 3 is 2.46 bits per heavy atom. The van der Waals surface area contributed by atoms with Crippen molar-refractivity contribution < 1.29 is 40.2 Å². The van der Waals surface area contributed by atoms with Gasteiger partial charge in [-0.2, -0.15) is 0 Å². The van der Waals surface area contributed by atoms with Crippen LogP contribution in [-0.2, 0) is 29.2 Å². The van der Waals surface area contributed by atoms with Gasteiger partial charge in [0.1, 0.15) is 10.6 Å². The van der Waals surface area contributed by atoms with Crippen molar-refractivity contribution in [2.45, 2.75) is 41.1 Å². The molecule has 3 heterocycles. The molecule has 0 spiro atoms. The Bertz CT molecular complexity index is 1440. The maximum Gasteiger partial charge on any atom is 0.189 e. The Labute approximate surface area is 231 Å². The minimum absolute atomic E-state index is 0.0386. The number of hydrogen-bond donors (Lipinski definition) is 1. The summed E-state index contributed by atoms with van der Waals surface area (Å²) in [5.41, 5.74) is -0.391. The van der Waals surface area contributed by atoms with Crippen LogP contribution in [0.15, 0.2) is 41.3 Å². The summed E-state index contributed by atoms with van der Waals surface area (Å²) in [6.07, 6.45) is -0.970. The summed E-state index contributed by atoms with van der Waals surface area (Å²) in [7, 11) is -7.93. The molecule has 3 aliphatic heterocycles. The molecule has 0 saturated carbocycles. The molecule has 0 amide bonds. The predicted molar refractivity (Wildman–Crippen MR) is 140 cm³/mol. The topological polar surface area (TPSA) is 110 Å². The number of β-amino-alcohol motifs (C(OH)–C–C–N with tert-alkyl or cyclic N) is 1. The van der Waals surface area contributed by atoms with E-state index in [0.29, 0.717) is 24.5 Å². The van der Waals surface area contributed by atoms with Crippen LogP contribution in [0.1, 0.15) is 24.8 Å². The molecule has 13 heteroatoms. The van der Waals surface area contributed by atoms with Crippen molar-refractivity contribution in [1.29, 1.82) is 0 Å². The van der Waals surface area contributed by atoms with Gasteiger partial charge in [0.15, 0.2) is 31.2 Å². The second-order valence-electron chi connectivity index (χ2n) is 10.3. The first-order chi connectivity index (χ1) is 18.4. The second kappa shape index (κ2) is 10.9. The lowest BCUT2D eigenvalue weighted by Crippen LogP contribution is -2.57. The van der Waals surface area contributed by atoms with Crippen molar-refractivity contribution in [1.82, 2.24) is 4.90 Å². The van der Waals surface area contributed by atoms with E-state index in [-0.39, 0.29) is 49.0 Å². The van der Waals surface area contributed by atoms with Crippen molar-refractivity contribution in [3.63, 3.8) is 0 Å². The summed E-state index contributed by atoms with van der Waals surface area (Å²) in [6.45, 7) is 0.928. The smallest absolute Gasteiger partial charge is 0.189 e. The van der Waals surface area contributed by atoms with Crippen molar-refractivity contribution in [2.24, 2.45) is 5.92 Å². The molecule has 214 valence electrons. The third-order valence-electron chi connectivity index (χ3n) is 8.03. The number of aliphatic hydroxyl groups excluding tert-OH is 1. The zero-order chi connectivity index (χ0) is 28.0. The van der Waals surface area contributed by atoms with Gasteiger partial charge in [-0.05, 0) is 55.7 Å². The Kier molecular flexibility index (Phi) is 7.99. The summed E-state index contributed by atoms with van der Waals surface area (Å²) in [5, 5.41) is 9.99. The fourth-order valence-electron chi connectivity index (χ4n) is 6.02. The molecule has 8 nitrogen and oxygen atoms in total. The summed E-state index contributed by atoms with van der Waals surface area (Å²) >= 11 is 5.98. The van der Waals surface area contributed by atoms with Crippen LogP contribution in [-0.4, -0.2) is 83.4 Å². The maximum atomic E-state index is 15.5. The van der Waals surface area contributed by atoms with Crippen LogP contribution >= 0.6 is 11.6 Å². The quantitative estimate of drug-likeness (QED) is 0.489. The number of hydrogen-bond acceptors (Lipinski definition) is 8. The molecule has 0 unspecified atom stereocenters. The van der Waals surface area contributed by atoms with Crippen LogP contribution in [0, 0.1) is 17.6 Å². The summed E-state index contributed by atoms with van der Waals surface area (Å²) < 4.78 is 94.3. The molecule has 4 atom stereocenters. The monoisotopic (exact) mass is 605 g/mol. The minimum Gasteiger partial charge on any atom is -0.490 e. The first kappa shape index (κ1) is 28.7. The van der Waals surface area contributed by atoms with Gasteiger partial charge in [-0.15, -0.1) is 0 Å². The Morgan fingerprint density at radius 2 is 1.77 bits per heavy atom. The molecule has 39 heavy (non-hydrogen) atoms. The van der Waals surface area contributed by atoms with Gasteiger partial charge in [0.05, 0.1) is 40.8 Å². The summed E-state index contributed by atoms with van der Waals surface area (Å²) in [6, 6.07) is 7.22. The fourth-order valence-corrected chi connectivity index (χ4v) is 9.82. The lowest BCUT2D eigenvalue weighted by Gasteiger charge is -2.50. The van der Waals surface area contributed by atoms with Gasteiger partial charge in [0.25, 0.3) is 0 Å². The van der Waals surface area contributed by atoms with Crippen LogP contribution in [0.3, 0.4) is 0 Å². The highest BCUT2D eigenvalue weighted by Crippen LogP contribution is 2.55. The lowest BCUT2D eigenvalue weighted by atomic mass is 9.75. The highest BCUT2D eigenvalue weighted by atomic mass is 35.5. The average Bonchev–Trinajstić information content (AvgIpc) is 3.33. The van der Waals surface area contributed by atoms with Crippen LogP contribution in [0.2, 0.25) is 5.02 Å². The van der Waals surface area contributed by atoms with Crippen LogP contribution in [0.25, 0.3) is 0 Å². The second-order valence-corrected chi connectivity index (χ2v) is 15.3. The normalized spacial score (nSPS) is 27.5. The highest BCUT2D eigenvalue weighted by molar-refractivity contribution is 7.92. The predicted octanol–water partition coefficient (Wildman–Crippen LogP) is 2.96. The number of likely N-dealkylation sites (tertiary alicyclic amines) is 1. The number of aliphatic hydroxyl groups is 1. The van der Waals surface area contributed by atoms with Crippen LogP contribution < -0.4 is 4.74 Å². The van der Waals surface area contributed by atoms with Crippen molar-refractivity contribution in [2.75, 3.05) is 44.4 Å². The SMILES string of the molecule is O=S(=O)(CC[C@@H]1OCC[C@@]2(S(=O)(=O)c3ccc(Cl)cc3)c3c(F)ccc(F)c3OC[C@@H]12)CCN1CC[C@@H](O)C1. The van der Waals surface area contributed by atoms with E-state index in [1.54, 1.807) is 0 Å². The molecule has 2 saturated heterocycles. The number of nitrogens with zero attached hydrogens (tertiary/aromatic N) is 1. The van der Waals surface area contributed by atoms with Crippen molar-refractivity contribution >= 4 is 31.3 Å². The zero-order valence-electron chi connectivity index (χ0n) is 21.1. The first-order valence-electron chi connectivity index (χ1n) is 12.8. The van der Waals surface area contributed by atoms with E-state index in [2.05, 4.69) is 0 Å². The van der Waals surface area contributed by atoms with Crippen molar-refractivity contribution in [3.8, 4) is 5.75 Å². The van der Waals surface area contributed by atoms with Crippen LogP contribution in [0.4, 0.5) is 8.78 Å². The van der Waals surface area contributed by atoms with Gasteiger partial charge in [0.2, 0.25) is 0 Å². The number of halogens is 3. The molecule has 0 aliphatic carbocycles. The molecule has 5 rings (SSSR count). The van der Waals surface area contributed by atoms with Gasteiger partial charge in [-0.25, -0.2) is 25.6 Å². The van der Waals surface area contributed by atoms with E-state index in [1.165, 1.54) is 24.3 Å². The number of rotatable bonds is 8. The van der Waals surface area contributed by atoms with Crippen LogP contribution in [0.5, 0.6) is 5.75 Å². The molecule has 0 radical (unpaired) electrons. The van der Waals surface area contributed by atoms with Gasteiger partial charge in [-0.3, -0.25) is 4.90 Å². The van der Waals surface area contributed by atoms with Crippen molar-refractivity contribution in [3.05, 3.63) is 58.6 Å². The summed E-state index contributed by atoms with van der Waals surface area (Å²) in [4.78, 5) is 1.77. The molecule has 3 aliphatic rings. The van der Waals surface area contributed by atoms with Gasteiger partial charge in [0, 0.05) is 37.2 Å². The number of ether oxygens (including phenoxy) is 2. The van der Waals surface area contributed by atoms with Gasteiger partial charge in [-0.1, -0.05) is 11.6 Å². The maximum absolute atomic E-state index is 15.5. The highest BCUT2D eigenvalue weighted by Gasteiger charge is 2.61. The molecule has 1 N–H and O–H groups in total. The van der Waals surface area contributed by atoms with E-state index in [1.807, 2.05) is 4.90 Å². The van der Waals surface area contributed by atoms with E-state index in [0.717, 1.165) is 12.1 Å². The fraction of sp³-hybridized carbons (Fsp3) is 0.538. The minimum atomic E-state index is -4.37. The number of sulfone groups is 2. The molecule has 2 fully saturated rings. The molecule has 2 aromatic carbocycles. The van der Waals surface area contributed by atoms with E-state index >= 15 is 4.39 Å². The third-order valence-corrected chi connectivity index (χ3v) is 12.5. The molecule has 0 aromatic heterocycles. The van der Waals surface area contributed by atoms with Gasteiger partial charge < -0.3 is 14.6 Å². The summed E-state index contributed by atoms with van der Waals surface area (Å²) in [5.74, 6) is -3.66. The average molecular weight is 606 g/mol. The first-order valence-corrected chi connectivity index (χ1v) is 16.5. The Balaban J connectivity index is 1.48. The largest absolute Gasteiger partial charge is 0.490 e. The van der Waals surface area contributed by atoms with E-state index < -0.39 is 65.5 Å². The third kappa shape index (κ3) is 5.31. The molecule has 0 bridgehead atoms. The number of fused-ring (bicyclic) bond motifs is 3. The molecular formula is C26H30ClF2NO7S2. The van der Waals surface area contributed by atoms with E-state index in [4.69, 9.17) is 21.1 Å². The molecule has 2 aromatic rings. The number of benzene rings is 2. The standard InChI is InChI=1S/C26H30ClF2NO7S2/c27-17-1-3-19(4-2-17)39(34,35)26-9-12-36-23(8-13-38(32,33)14-11-30-10-7-18(31)15-30)20(26)16-37-25-22(29)6-5-21(28)24(25)26/h1-6,18,20,23,31H,7-16H2/t18-,20+,23+,26+/m1/s1. The van der Waals surface area contributed by atoms with E-state index in [9.17, 15) is 26.3 Å². The Hall–Kier alpha value is -1.83. The molecular weight excluding hydrogens is 576 g/mol. The lowest BCUT2D eigenvalue weighted by molar-refractivity contribution is -0.0732. The van der Waals surface area contributed by atoms with Gasteiger partial charge >= 0.3 is 0 Å². The Morgan fingerprint density at radius 1 is 1.05 bits per heavy atom. The zero-order valence-corrected chi connectivity index (χ0v) is 23.5.